The van der Waals surface area contributed by atoms with Crippen molar-refractivity contribution in [3.8, 4) is 11.5 Å². The number of carbonyl (C=O) groups excluding carboxylic acids is 2. The summed E-state index contributed by atoms with van der Waals surface area (Å²) < 4.78 is 16.0. The molecule has 1 heterocycles. The Kier molecular flexibility index (Phi) is 8.12. The molecule has 0 fully saturated rings. The van der Waals surface area contributed by atoms with E-state index in [-0.39, 0.29) is 28.9 Å². The molecule has 0 saturated carbocycles. The number of hydrogen-bond donors (Lipinski definition) is 1. The second-order valence-corrected chi connectivity index (χ2v) is 10.1. The van der Waals surface area contributed by atoms with Crippen LogP contribution in [0.2, 0.25) is 0 Å². The van der Waals surface area contributed by atoms with Gasteiger partial charge in [0.05, 0.1) is 12.5 Å². The lowest BCUT2D eigenvalue weighted by atomic mass is 9.72. The number of benzene rings is 2. The average Bonchev–Trinajstić information content (AvgIpc) is 3.33. The van der Waals surface area contributed by atoms with Gasteiger partial charge in [-0.15, -0.1) is 0 Å². The van der Waals surface area contributed by atoms with Gasteiger partial charge in [0, 0.05) is 5.56 Å². The minimum Gasteiger partial charge on any atom is -0.484 e. The van der Waals surface area contributed by atoms with Gasteiger partial charge >= 0.3 is 5.97 Å². The van der Waals surface area contributed by atoms with Crippen LogP contribution in [0.1, 0.15) is 62.7 Å². The van der Waals surface area contributed by atoms with Crippen LogP contribution in [0.5, 0.6) is 11.5 Å². The first-order chi connectivity index (χ1) is 16.5. The number of carbonyl (C=O) groups is 2. The molecule has 2 aromatic carbocycles. The summed E-state index contributed by atoms with van der Waals surface area (Å²) in [4.78, 5) is 24.3. The molecule has 0 radical (unpaired) electrons. The number of hydrogen-bond acceptors (Lipinski definition) is 6. The summed E-state index contributed by atoms with van der Waals surface area (Å²) in [6.07, 6.45) is 3.84. The van der Waals surface area contributed by atoms with Crippen LogP contribution in [0.3, 0.4) is 0 Å². The van der Waals surface area contributed by atoms with Crippen LogP contribution in [0.4, 0.5) is 0 Å². The van der Waals surface area contributed by atoms with Crippen LogP contribution in [0.15, 0.2) is 76.4 Å². The monoisotopic (exact) mass is 476 g/mol. The molecule has 7 heteroatoms. The zero-order valence-corrected chi connectivity index (χ0v) is 20.8. The summed E-state index contributed by atoms with van der Waals surface area (Å²) >= 11 is 0. The first-order valence-electron chi connectivity index (χ1n) is 11.4. The van der Waals surface area contributed by atoms with Crippen molar-refractivity contribution in [1.82, 2.24) is 5.43 Å². The zero-order chi connectivity index (χ0) is 25.5. The van der Waals surface area contributed by atoms with Crippen molar-refractivity contribution in [2.45, 2.75) is 46.5 Å². The number of rotatable bonds is 9. The molecule has 1 aromatic heterocycles. The molecule has 3 aromatic rings. The van der Waals surface area contributed by atoms with E-state index < -0.39 is 11.9 Å². The molecule has 35 heavy (non-hydrogen) atoms. The Labute approximate surface area is 206 Å². The summed E-state index contributed by atoms with van der Waals surface area (Å²) in [5, 5.41) is 3.95. The number of amides is 1. The lowest BCUT2D eigenvalue weighted by Gasteiger charge is -2.33. The van der Waals surface area contributed by atoms with Crippen molar-refractivity contribution in [3.05, 3.63) is 83.8 Å². The van der Waals surface area contributed by atoms with E-state index in [9.17, 15) is 9.59 Å². The van der Waals surface area contributed by atoms with Gasteiger partial charge < -0.3 is 13.9 Å². The number of nitrogens with zero attached hydrogens (tertiary/aromatic N) is 1. The molecule has 0 saturated heterocycles. The standard InChI is InChI=1S/C28H32N2O5/c1-27(2,3)19-28(4,5)21-12-14-22(15-13-21)34-18-25(31)30-29-17-20-9-6-7-10-23(20)35-26(32)24-11-8-16-33-24/h6-17H,18-19H2,1-5H3,(H,30,31)/b29-17-. The van der Waals surface area contributed by atoms with E-state index in [0.29, 0.717) is 11.3 Å². The Bertz CT molecular complexity index is 1160. The molecule has 0 aliphatic rings. The smallest absolute Gasteiger partial charge is 0.379 e. The van der Waals surface area contributed by atoms with Crippen LogP contribution >= 0.6 is 0 Å². The van der Waals surface area contributed by atoms with E-state index in [2.05, 4.69) is 45.1 Å². The molecule has 3 rings (SSSR count). The maximum absolute atomic E-state index is 12.2. The highest BCUT2D eigenvalue weighted by Crippen LogP contribution is 2.36. The summed E-state index contributed by atoms with van der Waals surface area (Å²) in [7, 11) is 0. The number of nitrogens with one attached hydrogen (secondary N) is 1. The normalized spacial score (nSPS) is 11.9. The van der Waals surface area contributed by atoms with E-state index in [1.54, 1.807) is 30.3 Å². The molecule has 0 bridgehead atoms. The van der Waals surface area contributed by atoms with Crippen molar-refractivity contribution in [2.24, 2.45) is 10.5 Å². The minimum absolute atomic E-state index is 0.0332. The zero-order valence-electron chi connectivity index (χ0n) is 20.8. The molecule has 1 amide bonds. The second-order valence-electron chi connectivity index (χ2n) is 10.1. The maximum atomic E-state index is 12.2. The predicted octanol–water partition coefficient (Wildman–Crippen LogP) is 5.74. The predicted molar refractivity (Wildman–Crippen MR) is 135 cm³/mol. The van der Waals surface area contributed by atoms with Crippen molar-refractivity contribution < 1.29 is 23.5 Å². The Morgan fingerprint density at radius 1 is 0.971 bits per heavy atom. The number of furan rings is 1. The van der Waals surface area contributed by atoms with Gasteiger partial charge in [-0.05, 0) is 59.2 Å². The van der Waals surface area contributed by atoms with Crippen molar-refractivity contribution in [3.63, 3.8) is 0 Å². The lowest BCUT2D eigenvalue weighted by molar-refractivity contribution is -0.123. The lowest BCUT2D eigenvalue weighted by Crippen LogP contribution is -2.25. The van der Waals surface area contributed by atoms with Gasteiger partial charge in [0.2, 0.25) is 5.76 Å². The third kappa shape index (κ3) is 7.84. The number of ether oxygens (including phenoxy) is 2. The molecule has 0 unspecified atom stereocenters. The summed E-state index contributed by atoms with van der Waals surface area (Å²) in [6.45, 7) is 11.0. The van der Waals surface area contributed by atoms with Crippen molar-refractivity contribution in [2.75, 3.05) is 6.61 Å². The van der Waals surface area contributed by atoms with Gasteiger partial charge in [-0.25, -0.2) is 10.2 Å². The van der Waals surface area contributed by atoms with Gasteiger partial charge in [-0.1, -0.05) is 58.9 Å². The van der Waals surface area contributed by atoms with Gasteiger partial charge in [0.1, 0.15) is 11.5 Å². The molecule has 0 atom stereocenters. The van der Waals surface area contributed by atoms with Crippen molar-refractivity contribution >= 4 is 18.1 Å². The molecule has 0 aliphatic heterocycles. The van der Waals surface area contributed by atoms with Crippen LogP contribution in [0, 0.1) is 5.41 Å². The molecule has 0 aliphatic carbocycles. The fourth-order valence-electron chi connectivity index (χ4n) is 4.01. The average molecular weight is 477 g/mol. The van der Waals surface area contributed by atoms with Crippen molar-refractivity contribution in [1.29, 1.82) is 0 Å². The Hall–Kier alpha value is -3.87. The van der Waals surface area contributed by atoms with E-state index in [1.165, 1.54) is 24.1 Å². The second kappa shape index (κ2) is 11.0. The molecular formula is C28H32N2O5. The fourth-order valence-corrected chi connectivity index (χ4v) is 4.01. The Morgan fingerprint density at radius 2 is 1.69 bits per heavy atom. The molecule has 184 valence electrons. The summed E-state index contributed by atoms with van der Waals surface area (Å²) in [6, 6.07) is 17.8. The number of esters is 1. The maximum Gasteiger partial charge on any atom is 0.379 e. The van der Waals surface area contributed by atoms with E-state index in [1.807, 2.05) is 24.3 Å². The Balaban J connectivity index is 1.51. The summed E-state index contributed by atoms with van der Waals surface area (Å²) in [5.74, 6) is -0.0511. The van der Waals surface area contributed by atoms with Gasteiger partial charge in [0.25, 0.3) is 5.91 Å². The topological polar surface area (TPSA) is 90.1 Å². The van der Waals surface area contributed by atoms with E-state index in [0.717, 1.165) is 6.42 Å². The first kappa shape index (κ1) is 25.7. The molecule has 1 N–H and O–H groups in total. The Morgan fingerprint density at radius 3 is 2.34 bits per heavy atom. The van der Waals surface area contributed by atoms with Crippen LogP contribution < -0.4 is 14.9 Å². The van der Waals surface area contributed by atoms with E-state index in [4.69, 9.17) is 13.9 Å². The molecule has 0 spiro atoms. The SMILES string of the molecule is CC(C)(C)CC(C)(C)c1ccc(OCC(=O)N/N=C\c2ccccc2OC(=O)c2ccco2)cc1. The third-order valence-corrected chi connectivity index (χ3v) is 5.21. The minimum atomic E-state index is -0.624. The number of hydrazone groups is 1. The van der Waals surface area contributed by atoms with E-state index >= 15 is 0 Å². The highest BCUT2D eigenvalue weighted by molar-refractivity contribution is 5.91. The highest BCUT2D eigenvalue weighted by Gasteiger charge is 2.27. The highest BCUT2D eigenvalue weighted by atomic mass is 16.5. The van der Waals surface area contributed by atoms with Crippen LogP contribution in [-0.2, 0) is 10.2 Å². The van der Waals surface area contributed by atoms with Gasteiger partial charge in [-0.3, -0.25) is 4.79 Å². The van der Waals surface area contributed by atoms with Crippen LogP contribution in [-0.4, -0.2) is 24.7 Å². The van der Waals surface area contributed by atoms with Crippen LogP contribution in [0.25, 0.3) is 0 Å². The molecule has 7 nitrogen and oxygen atoms in total. The number of para-hydroxylation sites is 1. The molecular weight excluding hydrogens is 444 g/mol. The third-order valence-electron chi connectivity index (χ3n) is 5.21. The fraction of sp³-hybridized carbons (Fsp3) is 0.321. The quantitative estimate of drug-likeness (QED) is 0.184. The van der Waals surface area contributed by atoms with Gasteiger partial charge in [0.15, 0.2) is 6.61 Å². The largest absolute Gasteiger partial charge is 0.484 e. The van der Waals surface area contributed by atoms with Gasteiger partial charge in [-0.2, -0.15) is 5.10 Å². The summed E-state index contributed by atoms with van der Waals surface area (Å²) in [5.41, 5.74) is 4.41. The first-order valence-corrected chi connectivity index (χ1v) is 11.4.